The molecule has 0 spiro atoms. The largest absolute Gasteiger partial charge is 0.371 e. The summed E-state index contributed by atoms with van der Waals surface area (Å²) in [5.41, 5.74) is 1.37. The summed E-state index contributed by atoms with van der Waals surface area (Å²) in [6.07, 6.45) is 0. The smallest absolute Gasteiger partial charge is 0.240 e. The summed E-state index contributed by atoms with van der Waals surface area (Å²) in [7, 11) is 2.06. The van der Waals surface area contributed by atoms with Crippen molar-refractivity contribution in [3.8, 4) is 6.07 Å². The number of anilines is 2. The van der Waals surface area contributed by atoms with E-state index in [1.807, 2.05) is 32.0 Å². The van der Waals surface area contributed by atoms with Crippen molar-refractivity contribution in [3.63, 3.8) is 0 Å². The Hall–Kier alpha value is -2.22. The van der Waals surface area contributed by atoms with Crippen molar-refractivity contribution in [3.05, 3.63) is 24.3 Å². The van der Waals surface area contributed by atoms with Gasteiger partial charge in [-0.15, -0.1) is 0 Å². The van der Waals surface area contributed by atoms with Crippen LogP contribution in [0.2, 0.25) is 0 Å². The van der Waals surface area contributed by atoms with Crippen LogP contribution in [-0.2, 0) is 4.79 Å². The zero-order chi connectivity index (χ0) is 16.3. The summed E-state index contributed by atoms with van der Waals surface area (Å²) in [5, 5.41) is 12.2. The van der Waals surface area contributed by atoms with E-state index in [-0.39, 0.29) is 18.4 Å². The molecule has 0 saturated heterocycles. The summed E-state index contributed by atoms with van der Waals surface area (Å²) < 4.78 is 0. The Balaban J connectivity index is 2.11. The van der Waals surface area contributed by atoms with Crippen LogP contribution in [0.5, 0.6) is 0 Å². The normalized spacial score (nSPS) is 16.7. The molecule has 0 saturated carbocycles. The quantitative estimate of drug-likeness (QED) is 0.924. The minimum atomic E-state index is -0.830. The fourth-order valence-corrected chi connectivity index (χ4v) is 2.53. The highest BCUT2D eigenvalue weighted by molar-refractivity contribution is 5.85. The van der Waals surface area contributed by atoms with Gasteiger partial charge >= 0.3 is 0 Å². The molecule has 1 aromatic carbocycles. The molecule has 5 heteroatoms. The minimum Gasteiger partial charge on any atom is -0.371 e. The summed E-state index contributed by atoms with van der Waals surface area (Å²) in [6.45, 7) is 7.60. The predicted octanol–water partition coefficient (Wildman–Crippen LogP) is 2.00. The molecular weight excluding hydrogens is 276 g/mol. The van der Waals surface area contributed by atoms with Gasteiger partial charge in [0.25, 0.3) is 0 Å². The lowest BCUT2D eigenvalue weighted by Crippen LogP contribution is -2.53. The van der Waals surface area contributed by atoms with Gasteiger partial charge < -0.3 is 15.1 Å². The molecule has 118 valence electrons. The first kappa shape index (κ1) is 16.2. The van der Waals surface area contributed by atoms with Crippen molar-refractivity contribution in [2.24, 2.45) is 5.92 Å². The topological polar surface area (TPSA) is 59.4 Å². The Kier molecular flexibility index (Phi) is 4.60. The molecular formula is C17H24N4O. The van der Waals surface area contributed by atoms with Gasteiger partial charge in [0.1, 0.15) is 5.54 Å². The molecule has 0 unspecified atom stereocenters. The molecule has 0 radical (unpaired) electrons. The summed E-state index contributed by atoms with van der Waals surface area (Å²) in [6, 6.07) is 10.3. The number of nitriles is 1. The molecule has 1 heterocycles. The predicted molar refractivity (Wildman–Crippen MR) is 88.9 cm³/mol. The summed E-state index contributed by atoms with van der Waals surface area (Å²) >= 11 is 0. The highest BCUT2D eigenvalue weighted by atomic mass is 16.2. The molecule has 0 aromatic heterocycles. The second-order valence-corrected chi connectivity index (χ2v) is 6.35. The van der Waals surface area contributed by atoms with Crippen molar-refractivity contribution in [2.45, 2.75) is 26.3 Å². The summed E-state index contributed by atoms with van der Waals surface area (Å²) in [5.74, 6) is -0.0571. The van der Waals surface area contributed by atoms with Gasteiger partial charge in [0, 0.05) is 20.1 Å². The number of para-hydroxylation sites is 2. The molecule has 1 amide bonds. The van der Waals surface area contributed by atoms with E-state index in [2.05, 4.69) is 34.3 Å². The van der Waals surface area contributed by atoms with Crippen LogP contribution in [0.1, 0.15) is 20.8 Å². The molecule has 1 atom stereocenters. The third-order valence-corrected chi connectivity index (χ3v) is 4.46. The summed E-state index contributed by atoms with van der Waals surface area (Å²) in [4.78, 5) is 16.6. The average Bonchev–Trinajstić information content (AvgIpc) is 2.50. The number of rotatable bonds is 4. The van der Waals surface area contributed by atoms with Gasteiger partial charge in [-0.2, -0.15) is 5.26 Å². The maximum absolute atomic E-state index is 12.4. The Morgan fingerprint density at radius 3 is 2.59 bits per heavy atom. The number of fused-ring (bicyclic) bond motifs is 1. The Labute approximate surface area is 132 Å². The highest BCUT2D eigenvalue weighted by Gasteiger charge is 2.31. The van der Waals surface area contributed by atoms with Crippen molar-refractivity contribution < 1.29 is 4.79 Å². The molecule has 0 fully saturated rings. The molecule has 0 aliphatic carbocycles. The van der Waals surface area contributed by atoms with E-state index in [1.165, 1.54) is 0 Å². The molecule has 2 rings (SSSR count). The number of nitrogens with zero attached hydrogens (tertiary/aromatic N) is 3. The third kappa shape index (κ3) is 3.16. The van der Waals surface area contributed by atoms with Crippen LogP contribution in [-0.4, -0.2) is 38.1 Å². The van der Waals surface area contributed by atoms with Crippen molar-refractivity contribution in [1.29, 1.82) is 5.26 Å². The van der Waals surface area contributed by atoms with Crippen molar-refractivity contribution in [2.75, 3.05) is 36.5 Å². The van der Waals surface area contributed by atoms with Crippen LogP contribution in [0, 0.1) is 17.2 Å². The van der Waals surface area contributed by atoms with E-state index in [4.69, 9.17) is 0 Å². The SMILES string of the molecule is CC(C)[C@](C)(C#N)NC(=O)CN1CCN(C)c2ccccc21. The lowest BCUT2D eigenvalue weighted by atomic mass is 9.90. The number of hydrogen-bond donors (Lipinski definition) is 1. The Morgan fingerprint density at radius 2 is 2.00 bits per heavy atom. The first-order valence-electron chi connectivity index (χ1n) is 7.65. The lowest BCUT2D eigenvalue weighted by molar-refractivity contribution is -0.121. The monoisotopic (exact) mass is 300 g/mol. The van der Waals surface area contributed by atoms with Crippen molar-refractivity contribution >= 4 is 17.3 Å². The van der Waals surface area contributed by atoms with Gasteiger partial charge in [-0.05, 0) is 25.0 Å². The number of benzene rings is 1. The first-order valence-corrected chi connectivity index (χ1v) is 7.65. The number of carbonyl (C=O) groups is 1. The maximum atomic E-state index is 12.4. The molecule has 5 nitrogen and oxygen atoms in total. The zero-order valence-electron chi connectivity index (χ0n) is 13.8. The van der Waals surface area contributed by atoms with Crippen LogP contribution in [0.25, 0.3) is 0 Å². The van der Waals surface area contributed by atoms with Gasteiger partial charge in [0.05, 0.1) is 24.0 Å². The van der Waals surface area contributed by atoms with E-state index in [0.29, 0.717) is 0 Å². The van der Waals surface area contributed by atoms with E-state index in [1.54, 1.807) is 6.92 Å². The van der Waals surface area contributed by atoms with Crippen LogP contribution >= 0.6 is 0 Å². The fraction of sp³-hybridized carbons (Fsp3) is 0.529. The van der Waals surface area contributed by atoms with Gasteiger partial charge in [0.2, 0.25) is 5.91 Å². The van der Waals surface area contributed by atoms with Gasteiger partial charge in [-0.25, -0.2) is 0 Å². The standard InChI is InChI=1S/C17H24N4O/c1-13(2)17(3,12-18)19-16(22)11-21-10-9-20(4)14-7-5-6-8-15(14)21/h5-8,13H,9-11H2,1-4H3,(H,19,22)/t17-/m0/s1. The number of nitrogens with one attached hydrogen (secondary N) is 1. The van der Waals surface area contributed by atoms with E-state index in [9.17, 15) is 10.1 Å². The average molecular weight is 300 g/mol. The van der Waals surface area contributed by atoms with Crippen molar-refractivity contribution in [1.82, 2.24) is 5.32 Å². The van der Waals surface area contributed by atoms with Crippen LogP contribution < -0.4 is 15.1 Å². The van der Waals surface area contributed by atoms with Crippen LogP contribution in [0.4, 0.5) is 11.4 Å². The number of carbonyl (C=O) groups excluding carboxylic acids is 1. The number of likely N-dealkylation sites (N-methyl/N-ethyl adjacent to an activating group) is 1. The zero-order valence-corrected chi connectivity index (χ0v) is 13.8. The Morgan fingerprint density at radius 1 is 1.36 bits per heavy atom. The van der Waals surface area contributed by atoms with Crippen LogP contribution in [0.3, 0.4) is 0 Å². The van der Waals surface area contributed by atoms with E-state index < -0.39 is 5.54 Å². The highest BCUT2D eigenvalue weighted by Crippen LogP contribution is 2.31. The van der Waals surface area contributed by atoms with Gasteiger partial charge in [-0.1, -0.05) is 26.0 Å². The van der Waals surface area contributed by atoms with Gasteiger partial charge in [0.15, 0.2) is 0 Å². The second-order valence-electron chi connectivity index (χ2n) is 6.35. The number of amides is 1. The fourth-order valence-electron chi connectivity index (χ4n) is 2.53. The number of hydrogen-bond acceptors (Lipinski definition) is 4. The third-order valence-electron chi connectivity index (χ3n) is 4.46. The lowest BCUT2D eigenvalue weighted by Gasteiger charge is -2.37. The molecule has 1 aromatic rings. The maximum Gasteiger partial charge on any atom is 0.240 e. The molecule has 1 aliphatic heterocycles. The van der Waals surface area contributed by atoms with Gasteiger partial charge in [-0.3, -0.25) is 4.79 Å². The second kappa shape index (κ2) is 6.27. The Bertz CT molecular complexity index is 593. The molecule has 1 aliphatic rings. The minimum absolute atomic E-state index is 0.0567. The van der Waals surface area contributed by atoms with Crippen LogP contribution in [0.15, 0.2) is 24.3 Å². The first-order chi connectivity index (χ1) is 10.4. The molecule has 22 heavy (non-hydrogen) atoms. The van der Waals surface area contributed by atoms with E-state index >= 15 is 0 Å². The molecule has 0 bridgehead atoms. The molecule has 1 N–H and O–H groups in total. The van der Waals surface area contributed by atoms with E-state index in [0.717, 1.165) is 24.5 Å².